The normalized spacial score (nSPS) is 17.8. The highest BCUT2D eigenvalue weighted by molar-refractivity contribution is 6.06. The number of aromatic amines is 1. The van der Waals surface area contributed by atoms with Crippen molar-refractivity contribution >= 4 is 16.8 Å². The van der Waals surface area contributed by atoms with Gasteiger partial charge in [0.05, 0.1) is 11.6 Å². The van der Waals surface area contributed by atoms with E-state index in [1.165, 1.54) is 6.07 Å². The topological polar surface area (TPSA) is 71.2 Å². The minimum absolute atomic E-state index is 0.186. The number of H-pyrrole nitrogens is 1. The van der Waals surface area contributed by atoms with Crippen LogP contribution >= 0.6 is 0 Å². The number of pyridine rings is 1. The number of aromatic nitrogens is 1. The number of ether oxygens (including phenoxy) is 1. The predicted octanol–water partition coefficient (Wildman–Crippen LogP) is 3.87. The molecule has 3 aromatic rings. The maximum absolute atomic E-state index is 13.1. The number of carbonyl (C=O) groups excluding carboxylic acids is 1. The number of para-hydroxylation sites is 1. The van der Waals surface area contributed by atoms with Crippen molar-refractivity contribution in [3.63, 3.8) is 0 Å². The van der Waals surface area contributed by atoms with Crippen molar-refractivity contribution in [2.45, 2.75) is 38.8 Å². The Morgan fingerprint density at radius 2 is 1.96 bits per heavy atom. The van der Waals surface area contributed by atoms with E-state index < -0.39 is 5.60 Å². The van der Waals surface area contributed by atoms with Gasteiger partial charge in [0, 0.05) is 29.0 Å². The van der Waals surface area contributed by atoms with Crippen LogP contribution in [0.1, 0.15) is 47.8 Å². The van der Waals surface area contributed by atoms with Crippen molar-refractivity contribution in [2.75, 3.05) is 0 Å². The summed E-state index contributed by atoms with van der Waals surface area (Å²) in [6.07, 6.45) is 0.649. The number of hydrogen-bond acceptors (Lipinski definition) is 3. The molecule has 0 spiro atoms. The van der Waals surface area contributed by atoms with E-state index in [2.05, 4.69) is 10.3 Å². The number of rotatable bonds is 2. The molecular weight excluding hydrogens is 340 g/mol. The van der Waals surface area contributed by atoms with Crippen molar-refractivity contribution in [3.05, 3.63) is 75.6 Å². The lowest BCUT2D eigenvalue weighted by Crippen LogP contribution is -2.41. The number of benzene rings is 2. The first kappa shape index (κ1) is 17.3. The minimum atomic E-state index is -0.392. The number of nitrogens with one attached hydrogen (secondary N) is 2. The van der Waals surface area contributed by atoms with E-state index in [4.69, 9.17) is 4.74 Å². The van der Waals surface area contributed by atoms with Gasteiger partial charge in [-0.25, -0.2) is 0 Å². The molecular formula is C22H22N2O3. The number of fused-ring (bicyclic) bond motifs is 2. The molecule has 2 heterocycles. The molecule has 2 aromatic carbocycles. The lowest BCUT2D eigenvalue weighted by Gasteiger charge is -2.38. The number of amides is 1. The van der Waals surface area contributed by atoms with Crippen LogP contribution in [0, 0.1) is 6.92 Å². The molecule has 0 bridgehead atoms. The van der Waals surface area contributed by atoms with Crippen LogP contribution in [0.3, 0.4) is 0 Å². The molecule has 0 aliphatic carbocycles. The van der Waals surface area contributed by atoms with E-state index >= 15 is 0 Å². The molecule has 1 amide bonds. The quantitative estimate of drug-likeness (QED) is 0.727. The van der Waals surface area contributed by atoms with Crippen LogP contribution in [0.2, 0.25) is 0 Å². The van der Waals surface area contributed by atoms with E-state index in [-0.39, 0.29) is 17.5 Å². The highest BCUT2D eigenvalue weighted by atomic mass is 16.5. The van der Waals surface area contributed by atoms with Gasteiger partial charge in [-0.2, -0.15) is 0 Å². The van der Waals surface area contributed by atoms with Crippen molar-refractivity contribution in [2.24, 2.45) is 0 Å². The van der Waals surface area contributed by atoms with E-state index in [1.54, 1.807) is 6.07 Å². The molecule has 0 fully saturated rings. The molecule has 1 aliphatic heterocycles. The lowest BCUT2D eigenvalue weighted by molar-refractivity contribution is 0.0619. The Balaban J connectivity index is 1.74. The maximum atomic E-state index is 13.1. The average molecular weight is 362 g/mol. The molecule has 1 aromatic heterocycles. The molecule has 4 rings (SSSR count). The van der Waals surface area contributed by atoms with Gasteiger partial charge in [-0.15, -0.1) is 0 Å². The Morgan fingerprint density at radius 1 is 1.19 bits per heavy atom. The summed E-state index contributed by atoms with van der Waals surface area (Å²) in [5, 5.41) is 3.85. The first-order valence-corrected chi connectivity index (χ1v) is 9.05. The summed E-state index contributed by atoms with van der Waals surface area (Å²) in [6, 6.07) is 14.5. The SMILES string of the molecule is Cc1ccc2c(c1)C(NC(=O)c1cc(=O)[nH]c3ccccc13)CC(C)(C)O2. The van der Waals surface area contributed by atoms with Gasteiger partial charge in [0.1, 0.15) is 11.4 Å². The van der Waals surface area contributed by atoms with Crippen LogP contribution in [0.25, 0.3) is 10.9 Å². The maximum Gasteiger partial charge on any atom is 0.252 e. The summed E-state index contributed by atoms with van der Waals surface area (Å²) in [6.45, 7) is 6.04. The first-order valence-electron chi connectivity index (χ1n) is 9.05. The molecule has 0 saturated carbocycles. The van der Waals surface area contributed by atoms with Gasteiger partial charge < -0.3 is 15.0 Å². The second-order valence-electron chi connectivity index (χ2n) is 7.73. The minimum Gasteiger partial charge on any atom is -0.487 e. The van der Waals surface area contributed by atoms with E-state index in [0.717, 1.165) is 22.3 Å². The van der Waals surface area contributed by atoms with Crippen molar-refractivity contribution in [1.82, 2.24) is 10.3 Å². The largest absolute Gasteiger partial charge is 0.487 e. The molecule has 5 heteroatoms. The molecule has 1 atom stereocenters. The smallest absolute Gasteiger partial charge is 0.252 e. The molecule has 1 aliphatic rings. The van der Waals surface area contributed by atoms with Crippen LogP contribution in [0.5, 0.6) is 5.75 Å². The number of carbonyl (C=O) groups is 1. The Kier molecular flexibility index (Phi) is 4.02. The molecule has 1 unspecified atom stereocenters. The van der Waals surface area contributed by atoms with Gasteiger partial charge in [0.25, 0.3) is 5.91 Å². The van der Waals surface area contributed by atoms with Gasteiger partial charge in [-0.1, -0.05) is 35.9 Å². The number of aryl methyl sites for hydroxylation is 1. The zero-order valence-electron chi connectivity index (χ0n) is 15.6. The predicted molar refractivity (Wildman–Crippen MR) is 105 cm³/mol. The fraction of sp³-hybridized carbons (Fsp3) is 0.273. The fourth-order valence-corrected chi connectivity index (χ4v) is 3.73. The summed E-state index contributed by atoms with van der Waals surface area (Å²) in [5.41, 5.74) is 2.43. The molecule has 27 heavy (non-hydrogen) atoms. The standard InChI is InChI=1S/C22H22N2O3/c1-13-8-9-19-16(10-13)18(12-22(2,3)27-19)24-21(26)15-11-20(25)23-17-7-5-4-6-14(15)17/h4-11,18H,12H2,1-3H3,(H,23,25)(H,24,26). The average Bonchev–Trinajstić information content (AvgIpc) is 2.61. The molecule has 138 valence electrons. The Bertz CT molecular complexity index is 1100. The fourth-order valence-electron chi connectivity index (χ4n) is 3.73. The second-order valence-corrected chi connectivity index (χ2v) is 7.73. The van der Waals surface area contributed by atoms with E-state index in [0.29, 0.717) is 17.5 Å². The van der Waals surface area contributed by atoms with Crippen molar-refractivity contribution in [3.8, 4) is 5.75 Å². The van der Waals surface area contributed by atoms with Gasteiger partial charge in [0.2, 0.25) is 5.56 Å². The Morgan fingerprint density at radius 3 is 2.78 bits per heavy atom. The number of hydrogen-bond donors (Lipinski definition) is 2. The summed E-state index contributed by atoms with van der Waals surface area (Å²) >= 11 is 0. The van der Waals surface area contributed by atoms with Gasteiger partial charge in [-0.3, -0.25) is 9.59 Å². The monoisotopic (exact) mass is 362 g/mol. The summed E-state index contributed by atoms with van der Waals surface area (Å²) in [4.78, 5) is 27.8. The van der Waals surface area contributed by atoms with Crippen LogP contribution in [-0.4, -0.2) is 16.5 Å². The van der Waals surface area contributed by atoms with Gasteiger partial charge >= 0.3 is 0 Å². The van der Waals surface area contributed by atoms with Gasteiger partial charge in [-0.05, 0) is 32.9 Å². The van der Waals surface area contributed by atoms with E-state index in [1.807, 2.05) is 57.2 Å². The third kappa shape index (κ3) is 3.33. The Labute approximate surface area is 157 Å². The Hall–Kier alpha value is -3.08. The third-order valence-electron chi connectivity index (χ3n) is 4.92. The molecule has 0 radical (unpaired) electrons. The van der Waals surface area contributed by atoms with Gasteiger partial charge in [0.15, 0.2) is 0 Å². The molecule has 0 saturated heterocycles. The highest BCUT2D eigenvalue weighted by Crippen LogP contribution is 2.40. The molecule has 2 N–H and O–H groups in total. The summed E-state index contributed by atoms with van der Waals surface area (Å²) in [5.74, 6) is 0.533. The molecule has 5 nitrogen and oxygen atoms in total. The lowest BCUT2D eigenvalue weighted by atomic mass is 9.88. The zero-order valence-corrected chi connectivity index (χ0v) is 15.6. The zero-order chi connectivity index (χ0) is 19.2. The van der Waals surface area contributed by atoms with Crippen LogP contribution in [-0.2, 0) is 0 Å². The summed E-state index contributed by atoms with van der Waals surface area (Å²) in [7, 11) is 0. The van der Waals surface area contributed by atoms with Crippen molar-refractivity contribution < 1.29 is 9.53 Å². The first-order chi connectivity index (χ1) is 12.8. The van der Waals surface area contributed by atoms with Crippen molar-refractivity contribution in [1.29, 1.82) is 0 Å². The van der Waals surface area contributed by atoms with Crippen LogP contribution in [0.4, 0.5) is 0 Å². The van der Waals surface area contributed by atoms with Crippen LogP contribution in [0.15, 0.2) is 53.3 Å². The second kappa shape index (κ2) is 6.27. The summed E-state index contributed by atoms with van der Waals surface area (Å²) < 4.78 is 6.07. The van der Waals surface area contributed by atoms with Crippen LogP contribution < -0.4 is 15.6 Å². The van der Waals surface area contributed by atoms with E-state index in [9.17, 15) is 9.59 Å². The third-order valence-corrected chi connectivity index (χ3v) is 4.92. The highest BCUT2D eigenvalue weighted by Gasteiger charge is 2.34.